The van der Waals surface area contributed by atoms with E-state index in [-0.39, 0.29) is 5.88 Å². The minimum atomic E-state index is -4.65. The lowest BCUT2D eigenvalue weighted by atomic mass is 9.92. The van der Waals surface area contributed by atoms with Crippen LogP contribution in [0.3, 0.4) is 0 Å². The molecule has 0 saturated heterocycles. The Bertz CT molecular complexity index is 1190. The highest BCUT2D eigenvalue weighted by Gasteiger charge is 2.34. The molecule has 0 aliphatic heterocycles. The fourth-order valence-corrected chi connectivity index (χ4v) is 3.11. The predicted octanol–water partition coefficient (Wildman–Crippen LogP) is 10.9. The van der Waals surface area contributed by atoms with Crippen LogP contribution in [0.2, 0.25) is 0 Å². The third kappa shape index (κ3) is 17.5. The predicted molar refractivity (Wildman–Crippen MR) is 173 cm³/mol. The molecule has 2 aromatic carbocycles. The number of halogens is 6. The summed E-state index contributed by atoms with van der Waals surface area (Å²) >= 11 is 0. The quantitative estimate of drug-likeness (QED) is 0.177. The van der Waals surface area contributed by atoms with Gasteiger partial charge in [0.2, 0.25) is 5.88 Å². The molecule has 0 saturated carbocycles. The second kappa shape index (κ2) is 20.5. The molecule has 0 radical (unpaired) electrons. The Morgan fingerprint density at radius 1 is 0.956 bits per heavy atom. The van der Waals surface area contributed by atoms with Crippen molar-refractivity contribution in [2.75, 3.05) is 0 Å². The zero-order valence-electron chi connectivity index (χ0n) is 28.4. The van der Waals surface area contributed by atoms with E-state index in [0.29, 0.717) is 11.8 Å². The van der Waals surface area contributed by atoms with Gasteiger partial charge in [-0.3, -0.25) is 4.79 Å². The number of aryl methyl sites for hydroxylation is 2. The van der Waals surface area contributed by atoms with Gasteiger partial charge < -0.3 is 10.1 Å². The van der Waals surface area contributed by atoms with Crippen molar-refractivity contribution in [2.24, 2.45) is 4.99 Å². The van der Waals surface area contributed by atoms with Gasteiger partial charge in [-0.15, -0.1) is 0 Å². The normalized spacial score (nSPS) is 13.1. The molecule has 0 aliphatic carbocycles. The number of benzene rings is 2. The lowest BCUT2D eigenvalue weighted by Gasteiger charge is -2.29. The summed E-state index contributed by atoms with van der Waals surface area (Å²) in [5.41, 5.74) is -0.464. The van der Waals surface area contributed by atoms with E-state index in [2.05, 4.69) is 68.8 Å². The monoisotopic (exact) mass is 644 g/mol. The van der Waals surface area contributed by atoms with E-state index in [1.54, 1.807) is 13.8 Å². The van der Waals surface area contributed by atoms with Crippen molar-refractivity contribution in [1.29, 1.82) is 0 Å². The topological polar surface area (TPSA) is 50.7 Å². The van der Waals surface area contributed by atoms with Gasteiger partial charge in [0.25, 0.3) is 5.91 Å². The fourth-order valence-electron chi connectivity index (χ4n) is 3.11. The first-order chi connectivity index (χ1) is 20.7. The fraction of sp³-hybridized carbons (Fsp3) is 0.486. The molecule has 2 unspecified atom stereocenters. The Balaban J connectivity index is 0. The van der Waals surface area contributed by atoms with E-state index in [4.69, 9.17) is 4.74 Å². The van der Waals surface area contributed by atoms with Gasteiger partial charge in [-0.1, -0.05) is 101 Å². The average molecular weight is 645 g/mol. The highest BCUT2D eigenvalue weighted by molar-refractivity contribution is 5.85. The maximum atomic E-state index is 13.0. The number of nitrogens with one attached hydrogen (secondary N) is 1. The molecule has 2 rings (SSSR count). The van der Waals surface area contributed by atoms with Gasteiger partial charge in [-0.25, -0.2) is 4.99 Å². The van der Waals surface area contributed by atoms with Gasteiger partial charge in [-0.2, -0.15) is 26.3 Å². The van der Waals surface area contributed by atoms with Gasteiger partial charge in [0.1, 0.15) is 0 Å². The van der Waals surface area contributed by atoms with Crippen molar-refractivity contribution in [3.8, 4) is 0 Å². The molecular formula is C35H50F6N2O2. The number of nitrogens with zero attached hydrogens (tertiary/aromatic N) is 1. The number of hydrogen-bond acceptors (Lipinski definition) is 3. The van der Waals surface area contributed by atoms with Crippen molar-refractivity contribution < 1.29 is 35.9 Å². The number of rotatable bonds is 8. The number of carbonyl (C=O) groups excluding carboxylic acids is 1. The first-order valence-electron chi connectivity index (χ1n) is 14.9. The van der Waals surface area contributed by atoms with E-state index in [9.17, 15) is 31.1 Å². The Labute approximate surface area is 265 Å². The SMILES string of the molecule is C=C(/C=N\C(=C/C)OC(C)(C)C(=O)NC(C)C(C)c1cccc(C(F)(F)F)c1)C(F)(F)F.CC.CCC.Cc1ccc(C)cc1. The molecule has 0 spiro atoms. The van der Waals surface area contributed by atoms with Crippen molar-refractivity contribution in [3.63, 3.8) is 0 Å². The zero-order chi connectivity index (χ0) is 35.6. The Hall–Kier alpha value is -3.56. The molecule has 0 heterocycles. The molecule has 1 N–H and O–H groups in total. The molecule has 1 amide bonds. The van der Waals surface area contributed by atoms with Crippen LogP contribution in [-0.2, 0) is 15.7 Å². The molecule has 0 bridgehead atoms. The van der Waals surface area contributed by atoms with Crippen LogP contribution in [0.15, 0.2) is 77.6 Å². The number of alkyl halides is 6. The highest BCUT2D eigenvalue weighted by atomic mass is 19.4. The summed E-state index contributed by atoms with van der Waals surface area (Å²) in [6, 6.07) is 12.7. The molecule has 2 atom stereocenters. The second-order valence-corrected chi connectivity index (χ2v) is 10.6. The first kappa shape index (κ1) is 43.6. The van der Waals surface area contributed by atoms with Crippen molar-refractivity contribution >= 4 is 12.1 Å². The van der Waals surface area contributed by atoms with Crippen molar-refractivity contribution in [3.05, 3.63) is 94.9 Å². The van der Waals surface area contributed by atoms with Crippen LogP contribution >= 0.6 is 0 Å². The van der Waals surface area contributed by atoms with E-state index < -0.39 is 47.0 Å². The Morgan fingerprint density at radius 2 is 1.42 bits per heavy atom. The first-order valence-corrected chi connectivity index (χ1v) is 14.9. The van der Waals surface area contributed by atoms with Gasteiger partial charge >= 0.3 is 12.4 Å². The van der Waals surface area contributed by atoms with Gasteiger partial charge in [0, 0.05) is 18.2 Å². The molecule has 0 aliphatic rings. The summed E-state index contributed by atoms with van der Waals surface area (Å²) in [4.78, 5) is 16.3. The minimum Gasteiger partial charge on any atom is -0.462 e. The lowest BCUT2D eigenvalue weighted by molar-refractivity contribution is -0.139. The number of ether oxygens (including phenoxy) is 1. The summed E-state index contributed by atoms with van der Waals surface area (Å²) in [6.45, 7) is 22.8. The van der Waals surface area contributed by atoms with E-state index in [0.717, 1.165) is 12.1 Å². The third-order valence-corrected chi connectivity index (χ3v) is 5.93. The average Bonchev–Trinajstić information content (AvgIpc) is 2.97. The second-order valence-electron chi connectivity index (χ2n) is 10.6. The number of amides is 1. The third-order valence-electron chi connectivity index (χ3n) is 5.93. The standard InChI is InChI=1S/C22H26F6N2O2.C8H10.C3H8.C2H6/c1-7-18(29-12-13(2)21(23,24)25)32-20(5,6)19(31)30-15(4)14(3)16-9-8-10-17(11-16)22(26,27)28;1-7-3-5-8(2)6-4-7;1-3-2;1-2/h7-12,14-15H,2H2,1,3-6H3,(H,30,31);3-6H,1-2H3;3H2,1-2H3;1-2H3/b18-7+,29-12-;;;. The van der Waals surface area contributed by atoms with Crippen molar-refractivity contribution in [1.82, 2.24) is 5.32 Å². The lowest BCUT2D eigenvalue weighted by Crippen LogP contribution is -2.48. The molecule has 0 aromatic heterocycles. The Kier molecular flexibility index (Phi) is 19.8. The number of carbonyl (C=O) groups is 1. The maximum absolute atomic E-state index is 13.0. The molecule has 0 fully saturated rings. The number of allylic oxidation sites excluding steroid dienone is 2. The van der Waals surface area contributed by atoms with E-state index >= 15 is 0 Å². The van der Waals surface area contributed by atoms with Crippen LogP contribution in [0.5, 0.6) is 0 Å². The van der Waals surface area contributed by atoms with Crippen LogP contribution in [0.1, 0.15) is 96.9 Å². The van der Waals surface area contributed by atoms with Crippen LogP contribution < -0.4 is 5.32 Å². The van der Waals surface area contributed by atoms with Crippen molar-refractivity contribution in [2.45, 2.75) is 112 Å². The highest BCUT2D eigenvalue weighted by Crippen LogP contribution is 2.32. The summed E-state index contributed by atoms with van der Waals surface area (Å²) in [6.07, 6.45) is -6.12. The van der Waals surface area contributed by atoms with Gasteiger partial charge in [0.05, 0.1) is 11.1 Å². The van der Waals surface area contributed by atoms with Crippen LogP contribution in [0, 0.1) is 13.8 Å². The van der Waals surface area contributed by atoms with Gasteiger partial charge in [-0.05, 0) is 59.2 Å². The Morgan fingerprint density at radius 3 is 1.82 bits per heavy atom. The summed E-state index contributed by atoms with van der Waals surface area (Å²) < 4.78 is 82.0. The maximum Gasteiger partial charge on any atom is 0.417 e. The molecular weight excluding hydrogens is 594 g/mol. The number of aliphatic imine (C=N–C) groups is 1. The molecule has 10 heteroatoms. The summed E-state index contributed by atoms with van der Waals surface area (Å²) in [5.74, 6) is -1.31. The largest absolute Gasteiger partial charge is 0.462 e. The summed E-state index contributed by atoms with van der Waals surface area (Å²) in [5, 5.41) is 2.67. The smallest absolute Gasteiger partial charge is 0.417 e. The van der Waals surface area contributed by atoms with Crippen LogP contribution in [0.4, 0.5) is 26.3 Å². The zero-order valence-corrected chi connectivity index (χ0v) is 28.4. The van der Waals surface area contributed by atoms with E-state index in [1.165, 1.54) is 56.5 Å². The van der Waals surface area contributed by atoms with Crippen LogP contribution in [-0.4, -0.2) is 29.9 Å². The molecule has 2 aromatic rings. The minimum absolute atomic E-state index is 0.228. The number of hydrogen-bond donors (Lipinski definition) is 1. The molecule has 4 nitrogen and oxygen atoms in total. The molecule has 254 valence electrons. The van der Waals surface area contributed by atoms with Crippen LogP contribution in [0.25, 0.3) is 0 Å². The van der Waals surface area contributed by atoms with Gasteiger partial charge in [0.15, 0.2) is 5.60 Å². The summed E-state index contributed by atoms with van der Waals surface area (Å²) in [7, 11) is 0. The molecule has 45 heavy (non-hydrogen) atoms. The van der Waals surface area contributed by atoms with E-state index in [1.807, 2.05) is 13.8 Å².